The summed E-state index contributed by atoms with van der Waals surface area (Å²) in [7, 11) is 1.38. The van der Waals surface area contributed by atoms with Gasteiger partial charge in [-0.25, -0.2) is 14.1 Å². The van der Waals surface area contributed by atoms with E-state index in [1.165, 1.54) is 19.1 Å². The largest absolute Gasteiger partial charge is 0.452 e. The minimum absolute atomic E-state index is 0.347. The van der Waals surface area contributed by atoms with Crippen molar-refractivity contribution in [2.24, 2.45) is 0 Å². The highest BCUT2D eigenvalue weighted by Gasteiger charge is 2.27. The highest BCUT2D eigenvalue weighted by atomic mass is 32.2. The van der Waals surface area contributed by atoms with E-state index in [9.17, 15) is 4.79 Å². The van der Waals surface area contributed by atoms with Crippen LogP contribution in [0.2, 0.25) is 0 Å². The molecular weight excluding hydrogens is 226 g/mol. The van der Waals surface area contributed by atoms with Crippen molar-refractivity contribution in [1.82, 2.24) is 9.29 Å². The molecule has 2 heterocycles. The number of hydrogen-bond donors (Lipinski definition) is 0. The minimum atomic E-state index is -0.347. The molecule has 0 saturated heterocycles. The molecule has 1 aromatic heterocycles. The molecule has 2 rings (SSSR count). The van der Waals surface area contributed by atoms with Crippen LogP contribution in [0.4, 0.5) is 10.5 Å². The second-order valence-electron chi connectivity index (χ2n) is 3.26. The first-order valence-corrected chi connectivity index (χ1v) is 5.77. The van der Waals surface area contributed by atoms with Crippen LogP contribution in [0, 0.1) is 0 Å². The predicted octanol–water partition coefficient (Wildman–Crippen LogP) is 1.95. The lowest BCUT2D eigenvalue weighted by atomic mass is 10.4. The van der Waals surface area contributed by atoms with Crippen LogP contribution < -0.4 is 4.90 Å². The third kappa shape index (κ3) is 1.92. The van der Waals surface area contributed by atoms with E-state index in [1.807, 2.05) is 19.1 Å². The Labute approximate surface area is 98.5 Å². The van der Waals surface area contributed by atoms with Crippen LogP contribution in [-0.2, 0) is 4.74 Å². The highest BCUT2D eigenvalue weighted by molar-refractivity contribution is 7.97. The molecule has 0 saturated carbocycles. The Bertz CT molecular complexity index is 399. The number of carbonyl (C=O) groups is 1. The van der Waals surface area contributed by atoms with E-state index in [4.69, 9.17) is 4.74 Å². The van der Waals surface area contributed by atoms with Crippen LogP contribution in [0.15, 0.2) is 23.4 Å². The number of hydrogen-bond acceptors (Lipinski definition) is 5. The maximum absolute atomic E-state index is 11.5. The number of anilines is 1. The Hall–Kier alpha value is -1.43. The van der Waals surface area contributed by atoms with Gasteiger partial charge < -0.3 is 9.64 Å². The Kier molecular flexibility index (Phi) is 3.19. The molecule has 0 bridgehead atoms. The summed E-state index contributed by atoms with van der Waals surface area (Å²) in [6, 6.07) is 3.91. The van der Waals surface area contributed by atoms with Crippen LogP contribution in [-0.4, -0.2) is 35.7 Å². The van der Waals surface area contributed by atoms with Crippen molar-refractivity contribution in [3.05, 3.63) is 18.3 Å². The highest BCUT2D eigenvalue weighted by Crippen LogP contribution is 2.35. The van der Waals surface area contributed by atoms with E-state index in [2.05, 4.69) is 9.88 Å². The minimum Gasteiger partial charge on any atom is -0.452 e. The first kappa shape index (κ1) is 11.1. The van der Waals surface area contributed by atoms with Crippen molar-refractivity contribution in [2.75, 3.05) is 25.2 Å². The van der Waals surface area contributed by atoms with Crippen LogP contribution in [0.3, 0.4) is 0 Å². The fourth-order valence-corrected chi connectivity index (χ4v) is 2.48. The monoisotopic (exact) mass is 239 g/mol. The van der Waals surface area contributed by atoms with E-state index in [-0.39, 0.29) is 6.09 Å². The summed E-state index contributed by atoms with van der Waals surface area (Å²) in [5, 5.41) is 0.834. The average Bonchev–Trinajstić information content (AvgIpc) is 2.36. The van der Waals surface area contributed by atoms with E-state index in [1.54, 1.807) is 10.5 Å². The summed E-state index contributed by atoms with van der Waals surface area (Å²) in [5.74, 6) is 0. The summed E-state index contributed by atoms with van der Waals surface area (Å²) in [6.45, 7) is 3.39. The Balaban J connectivity index is 2.28. The summed E-state index contributed by atoms with van der Waals surface area (Å²) < 4.78 is 6.26. The fourth-order valence-electron chi connectivity index (χ4n) is 1.52. The molecule has 1 aliphatic heterocycles. The molecule has 0 aliphatic carbocycles. The SMILES string of the molecule is CCN1CN(C(=O)OC)Sc2ncccc21. The van der Waals surface area contributed by atoms with Crippen molar-refractivity contribution in [2.45, 2.75) is 11.9 Å². The standard InChI is InChI=1S/C10H13N3O2S/c1-3-12-7-13(10(14)15-2)16-9-8(12)5-4-6-11-9/h4-6H,3,7H2,1-2H3. The summed E-state index contributed by atoms with van der Waals surface area (Å²) in [5.41, 5.74) is 1.06. The Morgan fingerprint density at radius 1 is 1.69 bits per heavy atom. The average molecular weight is 239 g/mol. The third-order valence-corrected chi connectivity index (χ3v) is 3.32. The zero-order valence-corrected chi connectivity index (χ0v) is 10.0. The zero-order chi connectivity index (χ0) is 11.5. The maximum Gasteiger partial charge on any atom is 0.421 e. The molecule has 0 spiro atoms. The van der Waals surface area contributed by atoms with Crippen molar-refractivity contribution in [3.8, 4) is 0 Å². The van der Waals surface area contributed by atoms with Crippen LogP contribution in [0.5, 0.6) is 0 Å². The van der Waals surface area contributed by atoms with Gasteiger partial charge in [-0.15, -0.1) is 0 Å². The number of nitrogens with zero attached hydrogens (tertiary/aromatic N) is 3. The smallest absolute Gasteiger partial charge is 0.421 e. The molecule has 0 unspecified atom stereocenters. The molecule has 5 nitrogen and oxygen atoms in total. The summed E-state index contributed by atoms with van der Waals surface area (Å²) in [4.78, 5) is 17.8. The quantitative estimate of drug-likeness (QED) is 0.701. The van der Waals surface area contributed by atoms with Gasteiger partial charge in [-0.2, -0.15) is 0 Å². The van der Waals surface area contributed by atoms with E-state index in [0.29, 0.717) is 6.67 Å². The van der Waals surface area contributed by atoms with Crippen LogP contribution in [0.25, 0.3) is 0 Å². The molecule has 16 heavy (non-hydrogen) atoms. The second kappa shape index (κ2) is 4.61. The number of rotatable bonds is 1. The van der Waals surface area contributed by atoms with Gasteiger partial charge in [0.1, 0.15) is 11.7 Å². The van der Waals surface area contributed by atoms with Crippen molar-refractivity contribution in [1.29, 1.82) is 0 Å². The van der Waals surface area contributed by atoms with Crippen LogP contribution in [0.1, 0.15) is 6.92 Å². The molecule has 1 amide bonds. The maximum atomic E-state index is 11.5. The number of amides is 1. The summed E-state index contributed by atoms with van der Waals surface area (Å²) >= 11 is 1.31. The van der Waals surface area contributed by atoms with Crippen molar-refractivity contribution >= 4 is 23.7 Å². The fraction of sp³-hybridized carbons (Fsp3) is 0.400. The number of carbonyl (C=O) groups excluding carboxylic acids is 1. The molecule has 0 aromatic carbocycles. The summed E-state index contributed by atoms with van der Waals surface area (Å²) in [6.07, 6.45) is 1.38. The number of ether oxygens (including phenoxy) is 1. The van der Waals surface area contributed by atoms with Gasteiger partial charge in [0.05, 0.1) is 12.8 Å². The van der Waals surface area contributed by atoms with Crippen molar-refractivity contribution < 1.29 is 9.53 Å². The number of fused-ring (bicyclic) bond motifs is 1. The Morgan fingerprint density at radius 3 is 3.19 bits per heavy atom. The van der Waals surface area contributed by atoms with Gasteiger partial charge in [0.25, 0.3) is 0 Å². The number of pyridine rings is 1. The molecule has 86 valence electrons. The lowest BCUT2D eigenvalue weighted by Crippen LogP contribution is -2.40. The molecule has 0 radical (unpaired) electrons. The van der Waals surface area contributed by atoms with Gasteiger partial charge in [0.2, 0.25) is 0 Å². The topological polar surface area (TPSA) is 45.7 Å². The van der Waals surface area contributed by atoms with Gasteiger partial charge in [-0.05, 0) is 19.1 Å². The predicted molar refractivity (Wildman–Crippen MR) is 62.2 cm³/mol. The van der Waals surface area contributed by atoms with E-state index in [0.717, 1.165) is 17.3 Å². The van der Waals surface area contributed by atoms with Crippen LogP contribution >= 0.6 is 11.9 Å². The van der Waals surface area contributed by atoms with Gasteiger partial charge in [0.15, 0.2) is 0 Å². The first-order chi connectivity index (χ1) is 7.76. The molecule has 0 N–H and O–H groups in total. The number of methoxy groups -OCH3 is 1. The molecule has 6 heteroatoms. The third-order valence-electron chi connectivity index (χ3n) is 2.35. The lowest BCUT2D eigenvalue weighted by molar-refractivity contribution is 0.151. The van der Waals surface area contributed by atoms with Crippen molar-refractivity contribution in [3.63, 3.8) is 0 Å². The van der Waals surface area contributed by atoms with E-state index >= 15 is 0 Å². The lowest BCUT2D eigenvalue weighted by Gasteiger charge is -2.34. The molecule has 1 aromatic rings. The Morgan fingerprint density at radius 2 is 2.50 bits per heavy atom. The number of aromatic nitrogens is 1. The molecule has 1 aliphatic rings. The van der Waals surface area contributed by atoms with Gasteiger partial charge in [-0.3, -0.25) is 0 Å². The molecular formula is C10H13N3O2S. The van der Waals surface area contributed by atoms with Gasteiger partial charge in [0, 0.05) is 24.7 Å². The normalized spacial score (nSPS) is 14.6. The first-order valence-electron chi connectivity index (χ1n) is 4.99. The molecule has 0 fully saturated rings. The van der Waals surface area contributed by atoms with Gasteiger partial charge in [-0.1, -0.05) is 0 Å². The van der Waals surface area contributed by atoms with E-state index < -0.39 is 0 Å². The van der Waals surface area contributed by atoms with Gasteiger partial charge >= 0.3 is 6.09 Å². The molecule has 0 atom stereocenters. The zero-order valence-electron chi connectivity index (χ0n) is 9.21. The second-order valence-corrected chi connectivity index (χ2v) is 4.28.